The molecule has 2 heterocycles. The second kappa shape index (κ2) is 7.66. The monoisotopic (exact) mass is 389 g/mol. The molecule has 3 rings (SSSR count). The van der Waals surface area contributed by atoms with Gasteiger partial charge in [-0.3, -0.25) is 4.90 Å². The first-order valence-corrected chi connectivity index (χ1v) is 9.57. The van der Waals surface area contributed by atoms with Crippen LogP contribution in [-0.4, -0.2) is 52.3 Å². The average molecular weight is 389 g/mol. The summed E-state index contributed by atoms with van der Waals surface area (Å²) in [4.78, 5) is 30.8. The predicted molar refractivity (Wildman–Crippen MR) is 103 cm³/mol. The van der Waals surface area contributed by atoms with Gasteiger partial charge in [0.1, 0.15) is 15.5 Å². The minimum absolute atomic E-state index is 0.172. The Hall–Kier alpha value is -2.45. The van der Waals surface area contributed by atoms with Gasteiger partial charge in [0.15, 0.2) is 0 Å². The summed E-state index contributed by atoms with van der Waals surface area (Å²) in [5.74, 6) is -1.02. The zero-order valence-corrected chi connectivity index (χ0v) is 16.4. The summed E-state index contributed by atoms with van der Waals surface area (Å²) in [7, 11) is 0. The molecule has 0 spiro atoms. The van der Waals surface area contributed by atoms with E-state index in [4.69, 9.17) is 4.74 Å². The van der Waals surface area contributed by atoms with Crippen molar-refractivity contribution in [3.05, 3.63) is 40.2 Å². The Bertz CT molecular complexity index is 829. The third kappa shape index (κ3) is 4.45. The van der Waals surface area contributed by atoms with E-state index in [0.29, 0.717) is 30.3 Å². The lowest BCUT2D eigenvalue weighted by molar-refractivity contribution is 0.0117. The van der Waals surface area contributed by atoms with Crippen molar-refractivity contribution in [2.24, 2.45) is 0 Å². The Morgan fingerprint density at radius 2 is 2.00 bits per heavy atom. The van der Waals surface area contributed by atoms with Crippen molar-refractivity contribution < 1.29 is 19.4 Å². The van der Waals surface area contributed by atoms with Gasteiger partial charge in [0.2, 0.25) is 0 Å². The molecule has 0 aliphatic carbocycles. The number of carbonyl (C=O) groups is 2. The van der Waals surface area contributed by atoms with E-state index in [1.54, 1.807) is 4.90 Å². The number of carboxylic acid groups (broad SMARTS) is 1. The lowest BCUT2D eigenvalue weighted by Gasteiger charge is -2.36. The number of nitrogens with one attached hydrogen (secondary N) is 1. The van der Waals surface area contributed by atoms with Gasteiger partial charge >= 0.3 is 12.1 Å². The molecule has 8 heteroatoms. The van der Waals surface area contributed by atoms with Crippen molar-refractivity contribution >= 4 is 23.4 Å². The summed E-state index contributed by atoms with van der Waals surface area (Å²) in [6.45, 7) is 7.09. The largest absolute Gasteiger partial charge is 0.477 e. The van der Waals surface area contributed by atoms with Crippen molar-refractivity contribution in [1.29, 1.82) is 0 Å². The Morgan fingerprint density at radius 3 is 2.63 bits per heavy atom. The first-order valence-electron chi connectivity index (χ1n) is 8.76. The number of piperazine rings is 1. The molecule has 1 aromatic carbocycles. The van der Waals surface area contributed by atoms with Crippen LogP contribution in [0.15, 0.2) is 30.3 Å². The molecule has 0 radical (unpaired) electrons. The van der Waals surface area contributed by atoms with Crippen LogP contribution >= 0.6 is 11.3 Å². The second-order valence-corrected chi connectivity index (χ2v) is 8.33. The Labute approximate surface area is 162 Å². The molecule has 1 saturated heterocycles. The van der Waals surface area contributed by atoms with Crippen molar-refractivity contribution in [2.45, 2.75) is 32.4 Å². The number of aromatic nitrogens is 1. The zero-order chi connectivity index (χ0) is 19.6. The van der Waals surface area contributed by atoms with E-state index in [0.717, 1.165) is 16.9 Å². The molecule has 0 bridgehead atoms. The van der Waals surface area contributed by atoms with Gasteiger partial charge in [-0.05, 0) is 20.8 Å². The molecule has 27 heavy (non-hydrogen) atoms. The summed E-state index contributed by atoms with van der Waals surface area (Å²) < 4.78 is 5.52. The van der Waals surface area contributed by atoms with Crippen molar-refractivity contribution in [3.8, 4) is 11.3 Å². The number of hydrogen-bond donors (Lipinski definition) is 2. The molecular formula is C19H23N3O4S. The Kier molecular flexibility index (Phi) is 5.48. The summed E-state index contributed by atoms with van der Waals surface area (Å²) in [5, 5.41) is 13.5. The maximum Gasteiger partial charge on any atom is 0.410 e. The lowest BCUT2D eigenvalue weighted by atomic mass is 10.1. The number of rotatable bonds is 3. The molecule has 1 aromatic heterocycles. The summed E-state index contributed by atoms with van der Waals surface area (Å²) >= 11 is 1.11. The number of aromatic carboxylic acids is 1. The summed E-state index contributed by atoms with van der Waals surface area (Å²) in [6.07, 6.45) is -0.415. The molecular weight excluding hydrogens is 366 g/mol. The normalized spacial score (nSPS) is 17.6. The smallest absolute Gasteiger partial charge is 0.410 e. The number of amides is 1. The molecule has 2 aromatic rings. The number of nitrogens with zero attached hydrogens (tertiary/aromatic N) is 2. The van der Waals surface area contributed by atoms with Gasteiger partial charge in [0, 0.05) is 25.2 Å². The summed E-state index contributed by atoms with van der Waals surface area (Å²) in [6, 6.07) is 8.84. The van der Waals surface area contributed by atoms with Crippen LogP contribution in [0.1, 0.15) is 41.5 Å². The molecule has 2 N–H and O–H groups in total. The lowest BCUT2D eigenvalue weighted by Crippen LogP contribution is -2.50. The number of carboxylic acids is 1. The van der Waals surface area contributed by atoms with Gasteiger partial charge in [0.05, 0.1) is 11.7 Å². The van der Waals surface area contributed by atoms with E-state index in [1.807, 2.05) is 51.1 Å². The number of carbonyl (C=O) groups excluding carboxylic acids is 1. The van der Waals surface area contributed by atoms with E-state index >= 15 is 0 Å². The third-order valence-electron chi connectivity index (χ3n) is 4.04. The molecule has 1 aliphatic heterocycles. The van der Waals surface area contributed by atoms with Gasteiger partial charge in [0.25, 0.3) is 0 Å². The van der Waals surface area contributed by atoms with Gasteiger partial charge < -0.3 is 15.2 Å². The van der Waals surface area contributed by atoms with Crippen molar-refractivity contribution in [3.63, 3.8) is 0 Å². The average Bonchev–Trinajstić information content (AvgIpc) is 3.06. The number of thiazole rings is 1. The molecule has 1 fully saturated rings. The topological polar surface area (TPSA) is 91.8 Å². The first-order chi connectivity index (χ1) is 12.8. The molecule has 1 atom stereocenters. The van der Waals surface area contributed by atoms with Crippen molar-refractivity contribution in [1.82, 2.24) is 15.2 Å². The highest BCUT2D eigenvalue weighted by Crippen LogP contribution is 2.34. The maximum absolute atomic E-state index is 12.6. The molecule has 7 nitrogen and oxygen atoms in total. The molecule has 144 valence electrons. The van der Waals surface area contributed by atoms with E-state index < -0.39 is 17.7 Å². The zero-order valence-electron chi connectivity index (χ0n) is 15.6. The molecule has 1 unspecified atom stereocenters. The van der Waals surface area contributed by atoms with Crippen LogP contribution < -0.4 is 5.32 Å². The van der Waals surface area contributed by atoms with Gasteiger partial charge in [-0.25, -0.2) is 14.6 Å². The van der Waals surface area contributed by atoms with Crippen LogP contribution in [0.2, 0.25) is 0 Å². The van der Waals surface area contributed by atoms with Gasteiger partial charge in [-0.2, -0.15) is 0 Å². The predicted octanol–water partition coefficient (Wildman–Crippen LogP) is 3.39. The van der Waals surface area contributed by atoms with E-state index in [2.05, 4.69) is 10.3 Å². The standard InChI is InChI=1S/C19H23N3O4S/c1-19(2,3)26-18(25)22-10-9-20-11-13(22)16-21-14(15(27-16)17(23)24)12-7-5-4-6-8-12/h4-8,13,20H,9-11H2,1-3H3,(H,23,24). The highest BCUT2D eigenvalue weighted by atomic mass is 32.1. The van der Waals surface area contributed by atoms with Crippen LogP contribution in [0, 0.1) is 0 Å². The SMILES string of the molecule is CC(C)(C)OC(=O)N1CCNCC1c1nc(-c2ccccc2)c(C(=O)O)s1. The summed E-state index contributed by atoms with van der Waals surface area (Å²) in [5.41, 5.74) is 0.569. The molecule has 1 aliphatic rings. The maximum atomic E-state index is 12.6. The second-order valence-electron chi connectivity index (χ2n) is 7.29. The highest BCUT2D eigenvalue weighted by molar-refractivity contribution is 7.14. The first kappa shape index (κ1) is 19.3. The highest BCUT2D eigenvalue weighted by Gasteiger charge is 2.34. The van der Waals surface area contributed by atoms with Crippen LogP contribution in [0.25, 0.3) is 11.3 Å². The quantitative estimate of drug-likeness (QED) is 0.836. The fourth-order valence-corrected chi connectivity index (χ4v) is 3.92. The number of hydrogen-bond acceptors (Lipinski definition) is 6. The number of benzene rings is 1. The van der Waals surface area contributed by atoms with E-state index in [9.17, 15) is 14.7 Å². The molecule has 1 amide bonds. The minimum Gasteiger partial charge on any atom is -0.477 e. The van der Waals surface area contributed by atoms with Crippen LogP contribution in [-0.2, 0) is 4.74 Å². The van der Waals surface area contributed by atoms with E-state index in [1.165, 1.54) is 0 Å². The fourth-order valence-electron chi connectivity index (χ4n) is 2.88. The van der Waals surface area contributed by atoms with Gasteiger partial charge in [-0.1, -0.05) is 30.3 Å². The van der Waals surface area contributed by atoms with Crippen LogP contribution in [0.5, 0.6) is 0 Å². The Morgan fingerprint density at radius 1 is 1.30 bits per heavy atom. The fraction of sp³-hybridized carbons (Fsp3) is 0.421. The molecule has 0 saturated carbocycles. The van der Waals surface area contributed by atoms with Crippen LogP contribution in [0.4, 0.5) is 4.79 Å². The van der Waals surface area contributed by atoms with Gasteiger partial charge in [-0.15, -0.1) is 11.3 Å². The minimum atomic E-state index is -1.02. The van der Waals surface area contributed by atoms with E-state index in [-0.39, 0.29) is 10.9 Å². The van der Waals surface area contributed by atoms with Crippen molar-refractivity contribution in [2.75, 3.05) is 19.6 Å². The third-order valence-corrected chi connectivity index (χ3v) is 5.19. The Balaban J connectivity index is 1.96. The van der Waals surface area contributed by atoms with Crippen LogP contribution in [0.3, 0.4) is 0 Å². The number of ether oxygens (including phenoxy) is 1.